The van der Waals surface area contributed by atoms with Gasteiger partial charge >= 0.3 is 0 Å². The Kier molecular flexibility index (Phi) is 6.82. The van der Waals surface area contributed by atoms with Crippen molar-refractivity contribution in [3.05, 3.63) is 29.2 Å². The molecule has 3 rings (SSSR count). The molecule has 0 spiro atoms. The van der Waals surface area contributed by atoms with Crippen LogP contribution in [-0.2, 0) is 17.9 Å². The molecular weight excluding hydrogens is 342 g/mol. The Morgan fingerprint density at radius 1 is 1.32 bits per heavy atom. The van der Waals surface area contributed by atoms with E-state index in [1.165, 1.54) is 48.4 Å². The molecule has 25 heavy (non-hydrogen) atoms. The maximum absolute atomic E-state index is 11.2. The lowest BCUT2D eigenvalue weighted by Crippen LogP contribution is -2.47. The second kappa shape index (κ2) is 9.30. The maximum Gasteiger partial charge on any atom is 0.184 e. The normalized spacial score (nSPS) is 21.6. The molecule has 0 radical (unpaired) electrons. The minimum atomic E-state index is -1.23. The third-order valence-electron chi connectivity index (χ3n) is 4.20. The van der Waals surface area contributed by atoms with Crippen molar-refractivity contribution in [3.8, 4) is 0 Å². The van der Waals surface area contributed by atoms with Gasteiger partial charge in [0.25, 0.3) is 0 Å². The first-order valence-electron chi connectivity index (χ1n) is 8.78. The Bertz CT molecular complexity index is 562. The molecule has 140 valence electrons. The van der Waals surface area contributed by atoms with Crippen LogP contribution < -0.4 is 20.8 Å². The number of hydrogen-bond donors (Lipinski definition) is 3. The molecule has 2 aliphatic heterocycles. The Morgan fingerprint density at radius 3 is 2.92 bits per heavy atom. The number of piperidine rings is 1. The van der Waals surface area contributed by atoms with Crippen LogP contribution in [0.2, 0.25) is 0 Å². The zero-order chi connectivity index (χ0) is 17.5. The van der Waals surface area contributed by atoms with Gasteiger partial charge in [0.2, 0.25) is 0 Å². The van der Waals surface area contributed by atoms with Crippen LogP contribution >= 0.6 is 0 Å². The Morgan fingerprint density at radius 2 is 2.16 bits per heavy atom. The number of nitrogens with two attached hydrogens (primary N) is 1. The Hall–Kier alpha value is -1.46. The topological polar surface area (TPSA) is 107 Å². The average Bonchev–Trinajstić information content (AvgIpc) is 3.17. The van der Waals surface area contributed by atoms with Crippen molar-refractivity contribution in [3.63, 3.8) is 0 Å². The Labute approximate surface area is 151 Å². The number of nitrogens with zero attached hydrogens (tertiary/aromatic N) is 4. The van der Waals surface area contributed by atoms with Gasteiger partial charge < -0.3 is 15.1 Å². The molecule has 0 amide bonds. The molecule has 0 bridgehead atoms. The highest BCUT2D eigenvalue weighted by Crippen LogP contribution is 2.12. The van der Waals surface area contributed by atoms with Crippen molar-refractivity contribution in [2.45, 2.75) is 38.6 Å². The van der Waals surface area contributed by atoms with E-state index in [4.69, 9.17) is 10.6 Å². The second-order valence-corrected chi connectivity index (χ2v) is 7.32. The summed E-state index contributed by atoms with van der Waals surface area (Å²) in [5, 5.41) is 7.19. The van der Waals surface area contributed by atoms with Crippen LogP contribution in [0, 0.1) is 0 Å². The third-order valence-corrected chi connectivity index (χ3v) is 5.02. The molecule has 1 atom stereocenters. The van der Waals surface area contributed by atoms with Gasteiger partial charge in [0.15, 0.2) is 11.2 Å². The van der Waals surface area contributed by atoms with E-state index in [2.05, 4.69) is 20.3 Å². The standard InChI is InChI=1S/C15H27N7O2S/c16-15-13-25(23)19-22(15)17-6-2-5-9-24-21-12-14(10-18-21)11-20-7-3-1-4-8-20/h10,12-13,17,19H,1-9,11,16H2. The van der Waals surface area contributed by atoms with Crippen LogP contribution in [0.1, 0.15) is 37.7 Å². The molecule has 1 unspecified atom stereocenters. The maximum atomic E-state index is 11.2. The second-order valence-electron chi connectivity index (χ2n) is 6.30. The van der Waals surface area contributed by atoms with E-state index in [-0.39, 0.29) is 0 Å². The molecule has 1 saturated heterocycles. The molecule has 0 aromatic carbocycles. The highest BCUT2D eigenvalue weighted by Gasteiger charge is 2.22. The van der Waals surface area contributed by atoms with Gasteiger partial charge in [-0.2, -0.15) is 5.12 Å². The van der Waals surface area contributed by atoms with Crippen LogP contribution in [0.3, 0.4) is 0 Å². The summed E-state index contributed by atoms with van der Waals surface area (Å²) in [5.41, 5.74) is 9.94. The monoisotopic (exact) mass is 369 g/mol. The van der Waals surface area contributed by atoms with E-state index in [0.29, 0.717) is 19.0 Å². The first-order chi connectivity index (χ1) is 12.2. The van der Waals surface area contributed by atoms with E-state index in [9.17, 15) is 4.55 Å². The van der Waals surface area contributed by atoms with Crippen molar-refractivity contribution in [2.24, 2.45) is 5.73 Å². The molecular formula is C15H27N7O2S. The van der Waals surface area contributed by atoms with Crippen LogP contribution in [0.15, 0.2) is 23.6 Å². The van der Waals surface area contributed by atoms with Crippen molar-refractivity contribution in [1.29, 1.82) is 0 Å². The predicted molar refractivity (Wildman–Crippen MR) is 95.4 cm³/mol. The summed E-state index contributed by atoms with van der Waals surface area (Å²) in [6, 6.07) is 0. The molecule has 0 aliphatic carbocycles. The van der Waals surface area contributed by atoms with Crippen molar-refractivity contribution in [1.82, 2.24) is 30.2 Å². The first-order valence-corrected chi connectivity index (χ1v) is 9.99. The molecule has 4 N–H and O–H groups in total. The number of hydrogen-bond acceptors (Lipinski definition) is 8. The third kappa shape index (κ3) is 5.79. The molecule has 9 nitrogen and oxygen atoms in total. The summed E-state index contributed by atoms with van der Waals surface area (Å²) < 4.78 is 11.2. The van der Waals surface area contributed by atoms with E-state index < -0.39 is 11.4 Å². The number of likely N-dealkylation sites (tertiary alicyclic amines) is 1. The molecule has 2 aliphatic rings. The smallest absolute Gasteiger partial charge is 0.184 e. The van der Waals surface area contributed by atoms with Gasteiger partial charge in [0.1, 0.15) is 6.61 Å². The van der Waals surface area contributed by atoms with E-state index >= 15 is 0 Å². The lowest BCUT2D eigenvalue weighted by Gasteiger charge is -2.25. The largest absolute Gasteiger partial charge is 0.592 e. The Balaban J connectivity index is 1.26. The number of rotatable bonds is 9. The average molecular weight is 369 g/mol. The van der Waals surface area contributed by atoms with Crippen LogP contribution in [0.5, 0.6) is 0 Å². The van der Waals surface area contributed by atoms with Crippen molar-refractivity contribution in [2.75, 3.05) is 26.2 Å². The van der Waals surface area contributed by atoms with Gasteiger partial charge in [-0.1, -0.05) is 6.42 Å². The molecule has 3 heterocycles. The van der Waals surface area contributed by atoms with Gasteiger partial charge in [0, 0.05) is 18.7 Å². The van der Waals surface area contributed by atoms with Gasteiger partial charge in [-0.15, -0.1) is 9.94 Å². The van der Waals surface area contributed by atoms with Gasteiger partial charge in [-0.3, -0.25) is 4.90 Å². The van der Waals surface area contributed by atoms with E-state index in [1.807, 2.05) is 12.4 Å². The zero-order valence-electron chi connectivity index (χ0n) is 14.4. The van der Waals surface area contributed by atoms with Crippen LogP contribution in [-0.4, -0.2) is 50.8 Å². The van der Waals surface area contributed by atoms with Crippen molar-refractivity contribution >= 4 is 11.4 Å². The van der Waals surface area contributed by atoms with Crippen molar-refractivity contribution < 1.29 is 9.39 Å². The summed E-state index contributed by atoms with van der Waals surface area (Å²) in [6.07, 6.45) is 9.56. The highest BCUT2D eigenvalue weighted by atomic mass is 32.2. The zero-order valence-corrected chi connectivity index (χ0v) is 15.2. The van der Waals surface area contributed by atoms with Crippen LogP contribution in [0.25, 0.3) is 0 Å². The molecule has 1 aromatic heterocycles. The summed E-state index contributed by atoms with van der Waals surface area (Å²) in [4.78, 5) is 12.3. The summed E-state index contributed by atoms with van der Waals surface area (Å²) in [5.74, 6) is 0.423. The summed E-state index contributed by atoms with van der Waals surface area (Å²) in [6.45, 7) is 4.61. The lowest BCUT2D eigenvalue weighted by molar-refractivity contribution is 0.0782. The highest BCUT2D eigenvalue weighted by molar-refractivity contribution is 7.92. The molecule has 0 saturated carbocycles. The quantitative estimate of drug-likeness (QED) is 0.407. The first kappa shape index (κ1) is 18.3. The number of aromatic nitrogens is 2. The fraction of sp³-hybridized carbons (Fsp3) is 0.667. The number of unbranched alkanes of at least 4 members (excludes halogenated alkanes) is 1. The minimum absolute atomic E-state index is 0.423. The number of nitrogens with one attached hydrogen (secondary N) is 2. The SMILES string of the molecule is NC1=C[S+]([O-])NN1NCCCCOn1cc(CN2CCCCC2)cn1. The fourth-order valence-corrected chi connectivity index (χ4v) is 3.63. The predicted octanol–water partition coefficient (Wildman–Crippen LogP) is -0.176. The molecule has 10 heteroatoms. The fourth-order valence-electron chi connectivity index (χ4n) is 2.90. The van der Waals surface area contributed by atoms with Gasteiger partial charge in [-0.05, 0) is 43.6 Å². The summed E-state index contributed by atoms with van der Waals surface area (Å²) >= 11 is -1.23. The minimum Gasteiger partial charge on any atom is -0.592 e. The lowest BCUT2D eigenvalue weighted by atomic mass is 10.1. The van der Waals surface area contributed by atoms with E-state index in [0.717, 1.165) is 19.4 Å². The van der Waals surface area contributed by atoms with Gasteiger partial charge in [0.05, 0.1) is 23.8 Å². The van der Waals surface area contributed by atoms with Crippen LogP contribution in [0.4, 0.5) is 0 Å². The van der Waals surface area contributed by atoms with Gasteiger partial charge in [-0.25, -0.2) is 5.43 Å². The van der Waals surface area contributed by atoms with E-state index in [1.54, 1.807) is 4.85 Å². The molecule has 1 aromatic rings. The molecule has 1 fully saturated rings. The summed E-state index contributed by atoms with van der Waals surface area (Å²) in [7, 11) is 0. The number of hydrazine groups is 2.